The number of carbonyl (C=O) groups excluding carboxylic acids is 2. The normalized spacial score (nSPS) is 17.8. The highest BCUT2D eigenvalue weighted by Crippen LogP contribution is 2.13. The largest absolute Gasteiger partial charge is 0.368 e. The van der Waals surface area contributed by atoms with Gasteiger partial charge in [-0.3, -0.25) is 14.5 Å². The third-order valence-electron chi connectivity index (χ3n) is 3.67. The van der Waals surface area contributed by atoms with Gasteiger partial charge in [-0.25, -0.2) is 4.39 Å². The van der Waals surface area contributed by atoms with Gasteiger partial charge in [0.15, 0.2) is 0 Å². The molecule has 1 aliphatic rings. The molecule has 0 spiro atoms. The van der Waals surface area contributed by atoms with Crippen LogP contribution in [-0.4, -0.2) is 53.8 Å². The molecule has 0 aromatic heterocycles. The molecule has 20 heavy (non-hydrogen) atoms. The summed E-state index contributed by atoms with van der Waals surface area (Å²) in [7, 11) is 0. The van der Waals surface area contributed by atoms with E-state index in [1.54, 1.807) is 24.0 Å². The Labute approximate surface area is 117 Å². The van der Waals surface area contributed by atoms with E-state index < -0.39 is 5.82 Å². The summed E-state index contributed by atoms with van der Waals surface area (Å²) in [5.74, 6) is -1.20. The number of primary amides is 1. The number of nitrogens with two attached hydrogens (primary N) is 1. The first-order valence-corrected chi connectivity index (χ1v) is 6.58. The molecule has 0 saturated carbocycles. The van der Waals surface area contributed by atoms with Crippen LogP contribution in [0.3, 0.4) is 0 Å². The molecule has 1 saturated heterocycles. The molecule has 1 fully saturated rings. The van der Waals surface area contributed by atoms with Crippen molar-refractivity contribution in [1.82, 2.24) is 9.80 Å². The van der Waals surface area contributed by atoms with Gasteiger partial charge in [0.25, 0.3) is 5.91 Å². The average molecular weight is 279 g/mol. The summed E-state index contributed by atoms with van der Waals surface area (Å²) in [6, 6.07) is 5.61. The van der Waals surface area contributed by atoms with E-state index >= 15 is 0 Å². The van der Waals surface area contributed by atoms with E-state index in [9.17, 15) is 14.0 Å². The maximum absolute atomic E-state index is 13.6. The number of halogens is 1. The molecule has 1 atom stereocenters. The summed E-state index contributed by atoms with van der Waals surface area (Å²) in [5, 5.41) is 0. The van der Waals surface area contributed by atoms with Crippen molar-refractivity contribution >= 4 is 11.8 Å². The Kier molecular flexibility index (Phi) is 4.34. The Morgan fingerprint density at radius 1 is 1.20 bits per heavy atom. The van der Waals surface area contributed by atoms with Crippen LogP contribution in [0, 0.1) is 5.82 Å². The molecule has 108 valence electrons. The number of benzene rings is 1. The number of piperazine rings is 1. The molecule has 1 aromatic carbocycles. The molecule has 0 radical (unpaired) electrons. The summed E-state index contributed by atoms with van der Waals surface area (Å²) >= 11 is 0. The van der Waals surface area contributed by atoms with Crippen molar-refractivity contribution in [1.29, 1.82) is 0 Å². The Morgan fingerprint density at radius 2 is 1.80 bits per heavy atom. The topological polar surface area (TPSA) is 66.6 Å². The van der Waals surface area contributed by atoms with Crippen LogP contribution >= 0.6 is 0 Å². The van der Waals surface area contributed by atoms with E-state index in [0.717, 1.165) is 0 Å². The maximum atomic E-state index is 13.6. The number of carbonyl (C=O) groups is 2. The van der Waals surface area contributed by atoms with Gasteiger partial charge in [0.1, 0.15) is 5.82 Å². The Hall–Kier alpha value is -1.95. The Bertz CT molecular complexity index is 513. The first kappa shape index (κ1) is 14.5. The lowest BCUT2D eigenvalue weighted by Crippen LogP contribution is -2.54. The van der Waals surface area contributed by atoms with Gasteiger partial charge >= 0.3 is 0 Å². The lowest BCUT2D eigenvalue weighted by molar-refractivity contribution is -0.123. The Balaban J connectivity index is 1.99. The van der Waals surface area contributed by atoms with Crippen molar-refractivity contribution in [2.75, 3.05) is 26.2 Å². The third kappa shape index (κ3) is 2.96. The van der Waals surface area contributed by atoms with Gasteiger partial charge in [0.05, 0.1) is 11.6 Å². The molecular formula is C14H18FN3O2. The lowest BCUT2D eigenvalue weighted by Gasteiger charge is -2.37. The number of hydrogen-bond acceptors (Lipinski definition) is 3. The summed E-state index contributed by atoms with van der Waals surface area (Å²) in [4.78, 5) is 26.9. The van der Waals surface area contributed by atoms with Gasteiger partial charge < -0.3 is 10.6 Å². The quantitative estimate of drug-likeness (QED) is 0.874. The first-order chi connectivity index (χ1) is 9.50. The molecule has 0 bridgehead atoms. The molecular weight excluding hydrogens is 261 g/mol. The van der Waals surface area contributed by atoms with Crippen molar-refractivity contribution in [3.63, 3.8) is 0 Å². The standard InChI is InChI=1S/C14H18FN3O2/c1-10(13(16)19)17-6-8-18(9-7-17)14(20)11-4-2-3-5-12(11)15/h2-5,10H,6-9H2,1H3,(H2,16,19). The molecule has 2 amide bonds. The monoisotopic (exact) mass is 279 g/mol. The predicted molar refractivity (Wildman–Crippen MR) is 72.5 cm³/mol. The lowest BCUT2D eigenvalue weighted by atomic mass is 10.1. The van der Waals surface area contributed by atoms with E-state index in [-0.39, 0.29) is 23.4 Å². The van der Waals surface area contributed by atoms with Crippen molar-refractivity contribution in [2.24, 2.45) is 5.73 Å². The second-order valence-corrected chi connectivity index (χ2v) is 4.89. The minimum atomic E-state index is -0.509. The van der Waals surface area contributed by atoms with Crippen molar-refractivity contribution in [2.45, 2.75) is 13.0 Å². The number of nitrogens with zero attached hydrogens (tertiary/aromatic N) is 2. The molecule has 1 aromatic rings. The molecule has 1 aliphatic heterocycles. The van der Waals surface area contributed by atoms with Crippen LogP contribution in [0.5, 0.6) is 0 Å². The van der Waals surface area contributed by atoms with E-state index in [0.29, 0.717) is 26.2 Å². The number of amides is 2. The van der Waals surface area contributed by atoms with Crippen LogP contribution in [0.25, 0.3) is 0 Å². The van der Waals surface area contributed by atoms with Crippen LogP contribution in [0.15, 0.2) is 24.3 Å². The van der Waals surface area contributed by atoms with Crippen LogP contribution in [0.2, 0.25) is 0 Å². The molecule has 1 heterocycles. The zero-order chi connectivity index (χ0) is 14.7. The summed E-state index contributed by atoms with van der Waals surface area (Å²) in [6.07, 6.45) is 0. The van der Waals surface area contributed by atoms with Gasteiger partial charge in [-0.05, 0) is 19.1 Å². The van der Waals surface area contributed by atoms with E-state index in [2.05, 4.69) is 0 Å². The van der Waals surface area contributed by atoms with Crippen molar-refractivity contribution in [3.8, 4) is 0 Å². The van der Waals surface area contributed by atoms with Crippen LogP contribution in [-0.2, 0) is 4.79 Å². The molecule has 2 N–H and O–H groups in total. The predicted octanol–water partition coefficient (Wildman–Crippen LogP) is 0.457. The minimum absolute atomic E-state index is 0.0869. The first-order valence-electron chi connectivity index (χ1n) is 6.58. The van der Waals surface area contributed by atoms with Gasteiger partial charge in [-0.2, -0.15) is 0 Å². The van der Waals surface area contributed by atoms with Gasteiger partial charge in [-0.1, -0.05) is 12.1 Å². The third-order valence-corrected chi connectivity index (χ3v) is 3.67. The SMILES string of the molecule is CC(C(N)=O)N1CCN(C(=O)c2ccccc2F)CC1. The van der Waals surface area contributed by atoms with Gasteiger partial charge in [0, 0.05) is 26.2 Å². The highest BCUT2D eigenvalue weighted by molar-refractivity contribution is 5.94. The van der Waals surface area contributed by atoms with E-state index in [1.807, 2.05) is 4.90 Å². The fraction of sp³-hybridized carbons (Fsp3) is 0.429. The average Bonchev–Trinajstić information content (AvgIpc) is 2.46. The van der Waals surface area contributed by atoms with Crippen LogP contribution < -0.4 is 5.73 Å². The highest BCUT2D eigenvalue weighted by Gasteiger charge is 2.27. The second-order valence-electron chi connectivity index (χ2n) is 4.89. The van der Waals surface area contributed by atoms with E-state index in [4.69, 9.17) is 5.73 Å². The smallest absolute Gasteiger partial charge is 0.256 e. The maximum Gasteiger partial charge on any atom is 0.256 e. The molecule has 6 heteroatoms. The fourth-order valence-corrected chi connectivity index (χ4v) is 2.30. The zero-order valence-electron chi connectivity index (χ0n) is 11.4. The molecule has 0 aliphatic carbocycles. The van der Waals surface area contributed by atoms with E-state index in [1.165, 1.54) is 12.1 Å². The highest BCUT2D eigenvalue weighted by atomic mass is 19.1. The van der Waals surface area contributed by atoms with Crippen molar-refractivity contribution < 1.29 is 14.0 Å². The van der Waals surface area contributed by atoms with Gasteiger partial charge in [0.2, 0.25) is 5.91 Å². The molecule has 1 unspecified atom stereocenters. The summed E-state index contributed by atoms with van der Waals surface area (Å²) < 4.78 is 13.6. The van der Waals surface area contributed by atoms with Gasteiger partial charge in [-0.15, -0.1) is 0 Å². The summed E-state index contributed by atoms with van der Waals surface area (Å²) in [6.45, 7) is 3.79. The Morgan fingerprint density at radius 3 is 2.35 bits per heavy atom. The van der Waals surface area contributed by atoms with Crippen LogP contribution in [0.4, 0.5) is 4.39 Å². The zero-order valence-corrected chi connectivity index (χ0v) is 11.4. The second kappa shape index (κ2) is 6.00. The molecule has 5 nitrogen and oxygen atoms in total. The van der Waals surface area contributed by atoms with Crippen LogP contribution in [0.1, 0.15) is 17.3 Å². The number of hydrogen-bond donors (Lipinski definition) is 1. The number of rotatable bonds is 3. The summed E-state index contributed by atoms with van der Waals surface area (Å²) in [5.41, 5.74) is 5.35. The molecule has 2 rings (SSSR count). The van der Waals surface area contributed by atoms with Crippen molar-refractivity contribution in [3.05, 3.63) is 35.6 Å². The fourth-order valence-electron chi connectivity index (χ4n) is 2.30. The minimum Gasteiger partial charge on any atom is -0.368 e.